The largest absolute Gasteiger partial charge is 0.481 e. The molecule has 0 saturated carbocycles. The van der Waals surface area contributed by atoms with Gasteiger partial charge in [0.25, 0.3) is 0 Å². The molecule has 3 atom stereocenters. The van der Waals surface area contributed by atoms with Crippen molar-refractivity contribution in [3.8, 4) is 0 Å². The van der Waals surface area contributed by atoms with Crippen molar-refractivity contribution in [2.24, 2.45) is 5.92 Å². The van der Waals surface area contributed by atoms with E-state index in [2.05, 4.69) is 77.5 Å². The first kappa shape index (κ1) is 86.3. The lowest BCUT2D eigenvalue weighted by Gasteiger charge is -2.16. The van der Waals surface area contributed by atoms with Crippen LogP contribution in [0, 0.1) is 5.92 Å². The van der Waals surface area contributed by atoms with Crippen molar-refractivity contribution < 1.29 is 81.2 Å². The molecule has 0 aliphatic rings. The molecule has 0 radical (unpaired) electrons. The quantitative estimate of drug-likeness (QED) is 0.0302. The van der Waals surface area contributed by atoms with Crippen LogP contribution in [0.4, 0.5) is 0 Å². The minimum atomic E-state index is -3.81. The van der Waals surface area contributed by atoms with Gasteiger partial charge in [-0.05, 0) is 96.6 Å². The second kappa shape index (κ2) is 53.2. The van der Waals surface area contributed by atoms with Crippen LogP contribution in [0.1, 0.15) is 257 Å². The predicted molar refractivity (Wildman–Crippen MR) is 363 cm³/mol. The number of ether oxygens (including phenoxy) is 2. The van der Waals surface area contributed by atoms with Gasteiger partial charge in [-0.25, -0.2) is 18.2 Å². The van der Waals surface area contributed by atoms with Crippen LogP contribution in [-0.4, -0.2) is 183 Å². The summed E-state index contributed by atoms with van der Waals surface area (Å²) < 4.78 is 37.7. The summed E-state index contributed by atoms with van der Waals surface area (Å²) in [4.78, 5) is 130. The van der Waals surface area contributed by atoms with Gasteiger partial charge in [-0.15, -0.1) is 10.2 Å². The molecular formula is C67H116N12O17S. The molecule has 2 aromatic rings. The minimum Gasteiger partial charge on any atom is -0.481 e. The second-order valence-corrected chi connectivity index (χ2v) is 27.9. The van der Waals surface area contributed by atoms with Crippen molar-refractivity contribution in [3.05, 3.63) is 24.0 Å². The Morgan fingerprint density at radius 2 is 1.06 bits per heavy atom. The Balaban J connectivity index is 1.38. The van der Waals surface area contributed by atoms with E-state index in [1.54, 1.807) is 11.0 Å². The van der Waals surface area contributed by atoms with Crippen molar-refractivity contribution in [1.82, 2.24) is 61.5 Å². The number of rotatable bonds is 64. The fraction of sp³-hybridized carbons (Fsp3) is 0.791. The van der Waals surface area contributed by atoms with Crippen LogP contribution >= 0.6 is 0 Å². The Morgan fingerprint density at radius 3 is 1.65 bits per heavy atom. The molecule has 0 aliphatic heterocycles. The fourth-order valence-electron chi connectivity index (χ4n) is 10.5. The number of carboxylic acids is 3. The van der Waals surface area contributed by atoms with Gasteiger partial charge in [0, 0.05) is 82.9 Å². The van der Waals surface area contributed by atoms with E-state index in [1.165, 1.54) is 57.7 Å². The lowest BCUT2D eigenvalue weighted by molar-refractivity contribution is -0.145. The summed E-state index contributed by atoms with van der Waals surface area (Å²) in [7, 11) is -3.81. The average molecular weight is 1390 g/mol. The number of sulfonamides is 1. The molecule has 552 valence electrons. The highest BCUT2D eigenvalue weighted by Crippen LogP contribution is 2.19. The van der Waals surface area contributed by atoms with Gasteiger partial charge in [0.05, 0.1) is 49.9 Å². The fourth-order valence-corrected chi connectivity index (χ4v) is 11.5. The highest BCUT2D eigenvalue weighted by molar-refractivity contribution is 7.90. The van der Waals surface area contributed by atoms with Crippen LogP contribution in [0.2, 0.25) is 0 Å². The Bertz CT molecular complexity index is 2690. The highest BCUT2D eigenvalue weighted by Gasteiger charge is 2.26. The maximum atomic E-state index is 12.7. The molecule has 0 spiro atoms. The first-order valence-electron chi connectivity index (χ1n) is 35.4. The molecule has 0 aromatic carbocycles. The molecule has 0 aliphatic carbocycles. The normalized spacial score (nSPS) is 12.5. The van der Waals surface area contributed by atoms with Crippen LogP contribution in [-0.2, 0) is 85.8 Å². The van der Waals surface area contributed by atoms with Crippen LogP contribution in [0.25, 0.3) is 0 Å². The number of hydrogen-bond donors (Lipinski definition) is 10. The maximum absolute atomic E-state index is 12.7. The maximum Gasteiger partial charge on any atom is 0.326 e. The molecule has 2 rings (SSSR count). The smallest absolute Gasteiger partial charge is 0.326 e. The third kappa shape index (κ3) is 47.7. The first-order valence-corrected chi connectivity index (χ1v) is 37.1. The highest BCUT2D eigenvalue weighted by atomic mass is 32.2. The number of tetrazole rings is 1. The number of hydrogen-bond acceptors (Lipinski definition) is 19. The zero-order valence-corrected chi connectivity index (χ0v) is 58.9. The van der Waals surface area contributed by atoms with Crippen molar-refractivity contribution in [3.63, 3.8) is 0 Å². The standard InChI is InChI=1S/C67H116N12O17S/c1-67(2,3)79-76-58(75-78-79)31-23-19-15-11-7-5-4-6-8-12-16-20-24-32-62(85)77-97(93,94)46-28-33-59(82)69-40-26-21-17-13-9-10-14-18-22-29-54(80)47-52(64(87)88)34-38-61(84)74-57(66(91)92)37-39-60(83)71-42-43-95-44-45-96-50-63(86)70-41-27-25-30-56(65(89)90)72-49-55(81)36-35-53-48-68-51-73-53/h48,51-52,56-57,72H,4-47,49-50H2,1-3H3,(H,68,73)(H,69,82)(H,70,86)(H,71,83)(H,74,84)(H,77,85)(H,87,88)(H,89,90)(H,91,92)/t52-,56+,57+/m1/s1. The number of aromatic nitrogens is 6. The van der Waals surface area contributed by atoms with E-state index >= 15 is 0 Å². The number of Topliss-reactive ketones (excluding diaryl/α,β-unsaturated/α-hetero) is 2. The molecule has 0 unspecified atom stereocenters. The third-order valence-corrected chi connectivity index (χ3v) is 17.6. The Hall–Kier alpha value is -6.79. The van der Waals surface area contributed by atoms with E-state index in [0.29, 0.717) is 45.2 Å². The Morgan fingerprint density at radius 1 is 0.526 bits per heavy atom. The Kier molecular flexibility index (Phi) is 47.3. The average Bonchev–Trinajstić information content (AvgIpc) is 2.01. The molecule has 0 fully saturated rings. The topological polar surface area (TPSA) is 428 Å². The van der Waals surface area contributed by atoms with E-state index in [0.717, 1.165) is 95.0 Å². The number of carbonyl (C=O) groups is 10. The molecule has 2 heterocycles. The molecule has 97 heavy (non-hydrogen) atoms. The predicted octanol–water partition coefficient (Wildman–Crippen LogP) is 6.87. The van der Waals surface area contributed by atoms with Crippen LogP contribution < -0.4 is 31.3 Å². The number of carboxylic acid groups (broad SMARTS) is 3. The molecule has 30 heteroatoms. The van der Waals surface area contributed by atoms with Crippen molar-refractivity contribution in [1.29, 1.82) is 0 Å². The van der Waals surface area contributed by atoms with Gasteiger partial charge in [-0.2, -0.15) is 4.80 Å². The zero-order valence-electron chi connectivity index (χ0n) is 58.1. The summed E-state index contributed by atoms with van der Waals surface area (Å²) in [5.41, 5.74) is 0.668. The first-order chi connectivity index (χ1) is 46.4. The van der Waals surface area contributed by atoms with E-state index in [4.69, 9.17) is 9.47 Å². The van der Waals surface area contributed by atoms with Crippen LogP contribution in [0.5, 0.6) is 0 Å². The van der Waals surface area contributed by atoms with E-state index in [9.17, 15) is 71.7 Å². The number of aryl methyl sites for hydroxylation is 2. The van der Waals surface area contributed by atoms with Crippen molar-refractivity contribution in [2.75, 3.05) is 58.4 Å². The zero-order chi connectivity index (χ0) is 71.4. The van der Waals surface area contributed by atoms with Gasteiger partial charge >= 0.3 is 17.9 Å². The minimum absolute atomic E-state index is 0.0516. The van der Waals surface area contributed by atoms with Crippen LogP contribution in [0.3, 0.4) is 0 Å². The van der Waals surface area contributed by atoms with E-state index in [1.807, 2.05) is 0 Å². The van der Waals surface area contributed by atoms with Gasteiger partial charge in [0.1, 0.15) is 30.3 Å². The SMILES string of the molecule is CC(C)(C)n1nnc(CCCCCCCCCCCCCCCC(=O)NS(=O)(=O)CCCC(=O)NCCCCCCCCCCCC(=O)C[C@@H](CCC(=O)N[C@@H](CCC(=O)NCCOCCOCC(=O)NCCCC[C@H](NCC(=O)CCc2cnc[nH]2)C(=O)O)C(=O)O)C(=O)O)n1. The third-order valence-electron chi connectivity index (χ3n) is 16.2. The lowest BCUT2D eigenvalue weighted by Crippen LogP contribution is -2.42. The number of H-pyrrole nitrogens is 1. The number of nitrogens with zero attached hydrogens (tertiary/aromatic N) is 5. The van der Waals surface area contributed by atoms with E-state index in [-0.39, 0.29) is 145 Å². The summed E-state index contributed by atoms with van der Waals surface area (Å²) >= 11 is 0. The van der Waals surface area contributed by atoms with Gasteiger partial charge < -0.3 is 51.0 Å². The molecule has 0 saturated heterocycles. The molecule has 10 N–H and O–H groups in total. The van der Waals surface area contributed by atoms with Gasteiger partial charge in [-0.3, -0.25) is 53.2 Å². The van der Waals surface area contributed by atoms with Gasteiger partial charge in [0.15, 0.2) is 5.82 Å². The number of aromatic amines is 1. The van der Waals surface area contributed by atoms with Crippen molar-refractivity contribution in [2.45, 2.75) is 276 Å². The number of nitrogens with one attached hydrogen (secondary N) is 7. The summed E-state index contributed by atoms with van der Waals surface area (Å²) in [5.74, 6) is -6.93. The second-order valence-electron chi connectivity index (χ2n) is 26.1. The summed E-state index contributed by atoms with van der Waals surface area (Å²) in [6, 6.07) is -2.30. The van der Waals surface area contributed by atoms with Crippen LogP contribution in [0.15, 0.2) is 12.5 Å². The summed E-state index contributed by atoms with van der Waals surface area (Å²) in [5, 5.41) is 54.9. The summed E-state index contributed by atoms with van der Waals surface area (Å²) in [6.07, 6.45) is 27.9. The van der Waals surface area contributed by atoms with Gasteiger partial charge in [-0.1, -0.05) is 116 Å². The number of amides is 5. The lowest BCUT2D eigenvalue weighted by atomic mass is 9.94. The Labute approximate surface area is 573 Å². The van der Waals surface area contributed by atoms with E-state index < -0.39 is 63.7 Å². The number of carbonyl (C=O) groups excluding carboxylic acids is 7. The number of imidazole rings is 1. The molecule has 2 aromatic heterocycles. The van der Waals surface area contributed by atoms with Crippen molar-refractivity contribution >= 4 is 69.0 Å². The molecular weight excluding hydrogens is 1280 g/mol. The van der Waals surface area contributed by atoms with Gasteiger partial charge in [0.2, 0.25) is 39.6 Å². The number of ketones is 2. The molecule has 0 bridgehead atoms. The molecule has 5 amide bonds. The monoisotopic (exact) mass is 1390 g/mol. The number of aliphatic carboxylic acids is 3. The molecule has 29 nitrogen and oxygen atoms in total. The number of unbranched alkanes of at least 4 members (excludes halogenated alkanes) is 21. The summed E-state index contributed by atoms with van der Waals surface area (Å²) in [6.45, 7) is 7.08.